The molecule has 2 atom stereocenters. The van der Waals surface area contributed by atoms with Crippen molar-refractivity contribution in [2.45, 2.75) is 37.8 Å². The number of carbonyl (C=O) groups is 1. The van der Waals surface area contributed by atoms with Crippen LogP contribution in [0.2, 0.25) is 0 Å². The van der Waals surface area contributed by atoms with E-state index < -0.39 is 0 Å². The Labute approximate surface area is 134 Å². The van der Waals surface area contributed by atoms with Gasteiger partial charge in [0, 0.05) is 27.8 Å². The molecule has 3 rings (SSSR count). The molecule has 1 amide bonds. The highest BCUT2D eigenvalue weighted by atomic mass is 127. The van der Waals surface area contributed by atoms with Crippen LogP contribution in [0.25, 0.3) is 0 Å². The van der Waals surface area contributed by atoms with Gasteiger partial charge >= 0.3 is 0 Å². The lowest BCUT2D eigenvalue weighted by Gasteiger charge is -2.36. The van der Waals surface area contributed by atoms with Crippen LogP contribution in [0.5, 0.6) is 0 Å². The van der Waals surface area contributed by atoms with Crippen LogP contribution in [0, 0.1) is 9.49 Å². The average molecular weight is 384 g/mol. The fraction of sp³-hybridized carbons (Fsp3) is 0.562. The molecule has 2 heterocycles. The second-order valence-electron chi connectivity index (χ2n) is 6.11. The zero-order valence-corrected chi connectivity index (χ0v) is 14.0. The van der Waals surface area contributed by atoms with E-state index in [0.717, 1.165) is 27.8 Å². The Balaban J connectivity index is 1.54. The Kier molecular flexibility index (Phi) is 4.31. The number of fused-ring (bicyclic) bond motifs is 2. The molecule has 0 aromatic heterocycles. The maximum Gasteiger partial charge on any atom is 0.251 e. The molecule has 0 saturated carbocycles. The second kappa shape index (κ2) is 6.02. The van der Waals surface area contributed by atoms with Gasteiger partial charge in [-0.1, -0.05) is 6.07 Å². The molecular weight excluding hydrogens is 363 g/mol. The van der Waals surface area contributed by atoms with E-state index >= 15 is 0 Å². The van der Waals surface area contributed by atoms with Gasteiger partial charge in [0.1, 0.15) is 0 Å². The van der Waals surface area contributed by atoms with Crippen molar-refractivity contribution in [3.63, 3.8) is 0 Å². The van der Waals surface area contributed by atoms with E-state index in [2.05, 4.69) is 39.9 Å². The monoisotopic (exact) mass is 384 g/mol. The van der Waals surface area contributed by atoms with Crippen LogP contribution < -0.4 is 5.32 Å². The summed E-state index contributed by atoms with van der Waals surface area (Å²) in [6.45, 7) is 0.825. The van der Waals surface area contributed by atoms with Gasteiger partial charge in [-0.3, -0.25) is 4.79 Å². The average Bonchev–Trinajstić information content (AvgIpc) is 2.66. The van der Waals surface area contributed by atoms with Gasteiger partial charge in [-0.2, -0.15) is 0 Å². The summed E-state index contributed by atoms with van der Waals surface area (Å²) in [5.74, 6) is 0.713. The predicted molar refractivity (Wildman–Crippen MR) is 88.8 cm³/mol. The number of benzene rings is 1. The lowest BCUT2D eigenvalue weighted by Crippen LogP contribution is -2.43. The fourth-order valence-corrected chi connectivity index (χ4v) is 4.20. The maximum atomic E-state index is 12.2. The van der Waals surface area contributed by atoms with E-state index in [1.54, 1.807) is 0 Å². The van der Waals surface area contributed by atoms with Crippen LogP contribution in [0.1, 0.15) is 36.0 Å². The third kappa shape index (κ3) is 3.01. The summed E-state index contributed by atoms with van der Waals surface area (Å²) in [7, 11) is 2.25. The molecule has 2 aliphatic rings. The Morgan fingerprint density at radius 3 is 2.70 bits per heavy atom. The van der Waals surface area contributed by atoms with Crippen molar-refractivity contribution in [1.29, 1.82) is 0 Å². The highest BCUT2D eigenvalue weighted by Gasteiger charge is 2.38. The predicted octanol–water partition coefficient (Wildman–Crippen LogP) is 2.89. The Morgan fingerprint density at radius 2 is 2.05 bits per heavy atom. The van der Waals surface area contributed by atoms with Crippen LogP contribution in [0.4, 0.5) is 0 Å². The van der Waals surface area contributed by atoms with Crippen molar-refractivity contribution in [1.82, 2.24) is 10.2 Å². The molecule has 20 heavy (non-hydrogen) atoms. The minimum atomic E-state index is 0.0646. The lowest BCUT2D eigenvalue weighted by atomic mass is 9.91. The first kappa shape index (κ1) is 14.3. The summed E-state index contributed by atoms with van der Waals surface area (Å²) in [5, 5.41) is 3.12. The summed E-state index contributed by atoms with van der Waals surface area (Å²) in [4.78, 5) is 14.7. The highest BCUT2D eigenvalue weighted by Crippen LogP contribution is 2.36. The largest absolute Gasteiger partial charge is 0.352 e. The quantitative estimate of drug-likeness (QED) is 0.813. The second-order valence-corrected chi connectivity index (χ2v) is 7.35. The standard InChI is InChI=1S/C16H21IN2O/c1-19-14-5-6-15(19)8-11(7-14)10-18-16(20)12-3-2-4-13(17)9-12/h2-4,9,11,14-15H,5-8,10H2,1H3,(H,18,20). The topological polar surface area (TPSA) is 32.3 Å². The van der Waals surface area contributed by atoms with Gasteiger partial charge in [0.2, 0.25) is 0 Å². The maximum absolute atomic E-state index is 12.2. The van der Waals surface area contributed by atoms with Gasteiger partial charge in [0.15, 0.2) is 0 Å². The number of nitrogens with one attached hydrogen (secondary N) is 1. The molecule has 0 aliphatic carbocycles. The normalized spacial score (nSPS) is 29.4. The minimum Gasteiger partial charge on any atom is -0.352 e. The van der Waals surface area contributed by atoms with Gasteiger partial charge in [0.05, 0.1) is 0 Å². The number of rotatable bonds is 3. The van der Waals surface area contributed by atoms with Crippen LogP contribution in [0.3, 0.4) is 0 Å². The van der Waals surface area contributed by atoms with E-state index in [0.29, 0.717) is 5.92 Å². The third-order valence-electron chi connectivity index (χ3n) is 4.83. The molecule has 2 aliphatic heterocycles. The molecule has 1 aromatic rings. The number of hydrogen-bond donors (Lipinski definition) is 1. The van der Waals surface area contributed by atoms with Gasteiger partial charge < -0.3 is 10.2 Å². The molecule has 2 unspecified atom stereocenters. The van der Waals surface area contributed by atoms with Crippen LogP contribution in [-0.2, 0) is 0 Å². The SMILES string of the molecule is CN1C2CCC1CC(CNC(=O)c1cccc(I)c1)C2. The summed E-state index contributed by atoms with van der Waals surface area (Å²) >= 11 is 2.24. The highest BCUT2D eigenvalue weighted by molar-refractivity contribution is 14.1. The molecule has 1 N–H and O–H groups in total. The number of nitrogens with zero attached hydrogens (tertiary/aromatic N) is 1. The van der Waals surface area contributed by atoms with Gasteiger partial charge in [-0.15, -0.1) is 0 Å². The number of hydrogen-bond acceptors (Lipinski definition) is 2. The van der Waals surface area contributed by atoms with E-state index in [4.69, 9.17) is 0 Å². The molecule has 0 radical (unpaired) electrons. The van der Waals surface area contributed by atoms with Crippen molar-refractivity contribution >= 4 is 28.5 Å². The van der Waals surface area contributed by atoms with E-state index in [-0.39, 0.29) is 5.91 Å². The van der Waals surface area contributed by atoms with Crippen molar-refractivity contribution < 1.29 is 4.79 Å². The summed E-state index contributed by atoms with van der Waals surface area (Å²) < 4.78 is 1.10. The van der Waals surface area contributed by atoms with Gasteiger partial charge in [0.25, 0.3) is 5.91 Å². The number of halogens is 1. The van der Waals surface area contributed by atoms with Gasteiger partial charge in [-0.05, 0) is 79.4 Å². The van der Waals surface area contributed by atoms with Crippen LogP contribution >= 0.6 is 22.6 Å². The van der Waals surface area contributed by atoms with Crippen LogP contribution in [0.15, 0.2) is 24.3 Å². The summed E-state index contributed by atoms with van der Waals surface area (Å²) in [6.07, 6.45) is 5.14. The zero-order chi connectivity index (χ0) is 14.1. The van der Waals surface area contributed by atoms with Crippen molar-refractivity contribution in [3.05, 3.63) is 33.4 Å². The van der Waals surface area contributed by atoms with E-state index in [1.165, 1.54) is 25.7 Å². The van der Waals surface area contributed by atoms with Crippen LogP contribution in [-0.4, -0.2) is 36.5 Å². The third-order valence-corrected chi connectivity index (χ3v) is 5.50. The molecule has 2 fully saturated rings. The Hall–Kier alpha value is -0.620. The molecule has 2 bridgehead atoms. The smallest absolute Gasteiger partial charge is 0.251 e. The summed E-state index contributed by atoms with van der Waals surface area (Å²) in [6, 6.07) is 9.25. The van der Waals surface area contributed by atoms with Crippen molar-refractivity contribution in [2.75, 3.05) is 13.6 Å². The molecule has 1 aromatic carbocycles. The number of piperidine rings is 1. The first-order valence-corrected chi connectivity index (χ1v) is 8.47. The molecule has 108 valence electrons. The van der Waals surface area contributed by atoms with E-state index in [9.17, 15) is 4.79 Å². The molecule has 0 spiro atoms. The van der Waals surface area contributed by atoms with Crippen molar-refractivity contribution in [2.24, 2.45) is 5.92 Å². The fourth-order valence-electron chi connectivity index (χ4n) is 3.66. The van der Waals surface area contributed by atoms with Crippen molar-refractivity contribution in [3.8, 4) is 0 Å². The number of amides is 1. The molecule has 4 heteroatoms. The lowest BCUT2D eigenvalue weighted by molar-refractivity contribution is 0.0917. The summed E-state index contributed by atoms with van der Waals surface area (Å²) in [5.41, 5.74) is 0.771. The minimum absolute atomic E-state index is 0.0646. The molecule has 3 nitrogen and oxygen atoms in total. The zero-order valence-electron chi connectivity index (χ0n) is 11.8. The first-order chi connectivity index (χ1) is 9.63. The Bertz CT molecular complexity index is 491. The molecule has 2 saturated heterocycles. The number of carbonyl (C=O) groups excluding carboxylic acids is 1. The Morgan fingerprint density at radius 1 is 1.35 bits per heavy atom. The van der Waals surface area contributed by atoms with E-state index in [1.807, 2.05) is 24.3 Å². The first-order valence-electron chi connectivity index (χ1n) is 7.39. The molecular formula is C16H21IN2O. The van der Waals surface area contributed by atoms with Gasteiger partial charge in [-0.25, -0.2) is 0 Å².